The summed E-state index contributed by atoms with van der Waals surface area (Å²) in [7, 11) is 0. The summed E-state index contributed by atoms with van der Waals surface area (Å²) >= 11 is 18.6. The molecule has 178 valence electrons. The first-order chi connectivity index (χ1) is 15.2. The van der Waals surface area contributed by atoms with Gasteiger partial charge in [0.25, 0.3) is 0 Å². The topological polar surface area (TPSA) is 55.6 Å². The molecule has 2 aromatic rings. The second-order valence-corrected chi connectivity index (χ2v) is 12.0. The van der Waals surface area contributed by atoms with Crippen LogP contribution in [0.4, 0.5) is 4.39 Å². The zero-order valence-electron chi connectivity index (χ0n) is 19.3. The number of fused-ring (bicyclic) bond motifs is 1. The molecule has 2 fully saturated rings. The van der Waals surface area contributed by atoms with E-state index in [2.05, 4.69) is 20.8 Å². The molecule has 2 saturated heterocycles. The van der Waals surface area contributed by atoms with Gasteiger partial charge in [0.05, 0.1) is 15.6 Å². The van der Waals surface area contributed by atoms with Gasteiger partial charge in [0.15, 0.2) is 5.72 Å². The largest absolute Gasteiger partial charge is 0.443 e. The summed E-state index contributed by atoms with van der Waals surface area (Å²) in [5.41, 5.74) is 5.94. The van der Waals surface area contributed by atoms with E-state index in [9.17, 15) is 4.79 Å². The van der Waals surface area contributed by atoms with Gasteiger partial charge in [-0.05, 0) is 55.5 Å². The van der Waals surface area contributed by atoms with Crippen molar-refractivity contribution in [3.05, 3.63) is 68.4 Å². The number of esters is 1. The quantitative estimate of drug-likeness (QED) is 0.476. The zero-order valence-corrected chi connectivity index (χ0v) is 21.5. The van der Waals surface area contributed by atoms with Crippen LogP contribution in [0, 0.1) is 11.2 Å². The lowest BCUT2D eigenvalue weighted by Crippen LogP contribution is -2.56. The molecule has 2 aliphatic rings. The van der Waals surface area contributed by atoms with E-state index in [1.165, 1.54) is 6.07 Å². The van der Waals surface area contributed by atoms with E-state index >= 15 is 4.39 Å². The van der Waals surface area contributed by atoms with Crippen molar-refractivity contribution in [2.24, 2.45) is 11.1 Å². The summed E-state index contributed by atoms with van der Waals surface area (Å²) in [6, 6.07) is 8.55. The van der Waals surface area contributed by atoms with E-state index in [-0.39, 0.29) is 10.4 Å². The fourth-order valence-corrected chi connectivity index (χ4v) is 6.04. The molecule has 33 heavy (non-hydrogen) atoms. The minimum absolute atomic E-state index is 0.170. The predicted octanol–water partition coefficient (Wildman–Crippen LogP) is 6.51. The fourth-order valence-electron chi connectivity index (χ4n) is 5.57. The van der Waals surface area contributed by atoms with Crippen LogP contribution in [0.1, 0.15) is 58.1 Å². The molecule has 0 aromatic heterocycles. The number of ether oxygens (including phenoxy) is 1. The van der Waals surface area contributed by atoms with Crippen molar-refractivity contribution in [3.8, 4) is 0 Å². The van der Waals surface area contributed by atoms with E-state index in [4.69, 9.17) is 45.3 Å². The van der Waals surface area contributed by atoms with Gasteiger partial charge in [-0.1, -0.05) is 67.7 Å². The first-order valence-corrected chi connectivity index (χ1v) is 12.0. The van der Waals surface area contributed by atoms with E-state index in [1.807, 2.05) is 18.7 Å². The Hall–Kier alpha value is -1.37. The predicted molar refractivity (Wildman–Crippen MR) is 130 cm³/mol. The van der Waals surface area contributed by atoms with Crippen molar-refractivity contribution in [3.63, 3.8) is 0 Å². The molecule has 0 amide bonds. The minimum atomic E-state index is -1.28. The highest BCUT2D eigenvalue weighted by Gasteiger charge is 2.69. The summed E-state index contributed by atoms with van der Waals surface area (Å²) in [5, 5.41) is 0.997. The molecular weight excluding hydrogens is 486 g/mol. The second kappa shape index (κ2) is 8.10. The van der Waals surface area contributed by atoms with Crippen LogP contribution in [0.2, 0.25) is 15.1 Å². The SMILES string of the molecule is CC(C)(C)CC1N2C(C(=O)OC2(C)C)C(c2ccc(Cl)c(Cl)c2)C1(N)c1ccc(Cl)cc1F. The lowest BCUT2D eigenvalue weighted by molar-refractivity contribution is -0.152. The molecule has 0 saturated carbocycles. The number of cyclic esters (lactones) is 1. The Morgan fingerprint density at radius 2 is 1.76 bits per heavy atom. The van der Waals surface area contributed by atoms with Gasteiger partial charge in [-0.25, -0.2) is 9.29 Å². The van der Waals surface area contributed by atoms with Gasteiger partial charge in [0.1, 0.15) is 11.9 Å². The molecule has 0 bridgehead atoms. The molecule has 4 rings (SSSR count). The Morgan fingerprint density at radius 1 is 1.09 bits per heavy atom. The van der Waals surface area contributed by atoms with Crippen molar-refractivity contribution < 1.29 is 13.9 Å². The molecule has 0 spiro atoms. The average molecular weight is 514 g/mol. The highest BCUT2D eigenvalue weighted by molar-refractivity contribution is 6.42. The Balaban J connectivity index is 2.04. The van der Waals surface area contributed by atoms with Crippen LogP contribution in [-0.4, -0.2) is 28.7 Å². The van der Waals surface area contributed by atoms with Crippen molar-refractivity contribution in [2.75, 3.05) is 0 Å². The van der Waals surface area contributed by atoms with Gasteiger partial charge in [-0.15, -0.1) is 0 Å². The van der Waals surface area contributed by atoms with Crippen LogP contribution in [0.15, 0.2) is 36.4 Å². The molecular formula is C25H28Cl3FN2O2. The number of carbonyl (C=O) groups excluding carboxylic acids is 1. The molecule has 4 atom stereocenters. The summed E-state index contributed by atoms with van der Waals surface area (Å²) in [4.78, 5) is 15.3. The van der Waals surface area contributed by atoms with Crippen molar-refractivity contribution in [1.82, 2.24) is 4.90 Å². The van der Waals surface area contributed by atoms with Crippen LogP contribution >= 0.6 is 34.8 Å². The van der Waals surface area contributed by atoms with Crippen LogP contribution in [-0.2, 0) is 15.1 Å². The molecule has 2 aliphatic heterocycles. The maximum atomic E-state index is 15.5. The third kappa shape index (κ3) is 4.06. The van der Waals surface area contributed by atoms with Crippen LogP contribution in [0.25, 0.3) is 0 Å². The third-order valence-electron chi connectivity index (χ3n) is 6.74. The number of benzene rings is 2. The fraction of sp³-hybridized carbons (Fsp3) is 0.480. The number of hydrogen-bond acceptors (Lipinski definition) is 4. The van der Waals surface area contributed by atoms with E-state index in [0.29, 0.717) is 27.6 Å². The number of carbonyl (C=O) groups is 1. The van der Waals surface area contributed by atoms with Gasteiger partial charge in [-0.2, -0.15) is 0 Å². The first kappa shape index (κ1) is 24.7. The standard InChI is InChI=1S/C25H28Cl3FN2O2/c1-23(2,3)12-19-25(30,15-8-7-14(26)11-18(15)29)20(13-6-9-16(27)17(28)10-13)21-22(32)33-24(4,5)31(19)21/h6-11,19-21H,12,30H2,1-5H3. The van der Waals surface area contributed by atoms with Crippen molar-refractivity contribution in [1.29, 1.82) is 0 Å². The number of halogens is 4. The summed E-state index contributed by atoms with van der Waals surface area (Å²) in [6.07, 6.45) is 0.597. The molecule has 2 heterocycles. The number of nitrogens with two attached hydrogens (primary N) is 1. The Bertz CT molecular complexity index is 1120. The van der Waals surface area contributed by atoms with Gasteiger partial charge >= 0.3 is 5.97 Å². The monoisotopic (exact) mass is 512 g/mol. The molecule has 8 heteroatoms. The van der Waals surface area contributed by atoms with Crippen LogP contribution in [0.5, 0.6) is 0 Å². The summed E-state index contributed by atoms with van der Waals surface area (Å²) in [5.74, 6) is -1.54. The molecule has 4 unspecified atom stereocenters. The van der Waals surface area contributed by atoms with Crippen LogP contribution in [0.3, 0.4) is 0 Å². The molecule has 2 N–H and O–H groups in total. The summed E-state index contributed by atoms with van der Waals surface area (Å²) in [6.45, 7) is 9.98. The van der Waals surface area contributed by atoms with E-state index in [1.54, 1.807) is 30.3 Å². The molecule has 4 nitrogen and oxygen atoms in total. The van der Waals surface area contributed by atoms with Crippen molar-refractivity contribution >= 4 is 40.8 Å². The Morgan fingerprint density at radius 3 is 2.33 bits per heavy atom. The van der Waals surface area contributed by atoms with E-state index in [0.717, 1.165) is 0 Å². The smallest absolute Gasteiger partial charge is 0.325 e. The highest BCUT2D eigenvalue weighted by Crippen LogP contribution is 2.58. The average Bonchev–Trinajstić information content (AvgIpc) is 3.05. The number of hydrogen-bond donors (Lipinski definition) is 1. The lowest BCUT2D eigenvalue weighted by Gasteiger charge is -2.44. The minimum Gasteiger partial charge on any atom is -0.443 e. The third-order valence-corrected chi connectivity index (χ3v) is 7.71. The normalized spacial score (nSPS) is 29.3. The Kier molecular flexibility index (Phi) is 6.07. The zero-order chi connectivity index (χ0) is 24.5. The number of nitrogens with zero attached hydrogens (tertiary/aromatic N) is 1. The maximum Gasteiger partial charge on any atom is 0.325 e. The van der Waals surface area contributed by atoms with Crippen molar-refractivity contribution in [2.45, 2.75) is 70.3 Å². The molecule has 0 aliphatic carbocycles. The van der Waals surface area contributed by atoms with E-state index < -0.39 is 41.1 Å². The highest BCUT2D eigenvalue weighted by atomic mass is 35.5. The Labute approximate surface area is 209 Å². The van der Waals surface area contributed by atoms with Gasteiger partial charge in [-0.3, -0.25) is 4.79 Å². The molecule has 2 aromatic carbocycles. The number of rotatable bonds is 3. The first-order valence-electron chi connectivity index (χ1n) is 10.9. The summed E-state index contributed by atoms with van der Waals surface area (Å²) < 4.78 is 21.3. The molecule has 0 radical (unpaired) electrons. The van der Waals surface area contributed by atoms with Gasteiger partial charge in [0, 0.05) is 22.5 Å². The second-order valence-electron chi connectivity index (χ2n) is 10.7. The lowest BCUT2D eigenvalue weighted by atomic mass is 9.68. The van der Waals surface area contributed by atoms with Gasteiger partial charge in [0.2, 0.25) is 0 Å². The van der Waals surface area contributed by atoms with Gasteiger partial charge < -0.3 is 10.5 Å². The van der Waals surface area contributed by atoms with Crippen LogP contribution < -0.4 is 5.73 Å². The maximum absolute atomic E-state index is 15.5.